The summed E-state index contributed by atoms with van der Waals surface area (Å²) in [6, 6.07) is 8.55. The van der Waals surface area contributed by atoms with Crippen LogP contribution in [-0.2, 0) is 13.0 Å². The lowest BCUT2D eigenvalue weighted by Crippen LogP contribution is -2.04. The van der Waals surface area contributed by atoms with Gasteiger partial charge >= 0.3 is 0 Å². The highest BCUT2D eigenvalue weighted by Crippen LogP contribution is 2.18. The fourth-order valence-corrected chi connectivity index (χ4v) is 2.88. The lowest BCUT2D eigenvalue weighted by atomic mass is 10.0. The molecule has 4 heteroatoms. The summed E-state index contributed by atoms with van der Waals surface area (Å²) in [5.74, 6) is 1.29. The van der Waals surface area contributed by atoms with Crippen molar-refractivity contribution in [3.05, 3.63) is 35.7 Å². The molecule has 1 aromatic carbocycles. The Balaban J connectivity index is 1.68. The van der Waals surface area contributed by atoms with E-state index in [4.69, 9.17) is 4.52 Å². The number of nitrogens with one attached hydrogen (secondary N) is 1. The first-order valence-electron chi connectivity index (χ1n) is 9.40. The van der Waals surface area contributed by atoms with Gasteiger partial charge in [0.25, 0.3) is 0 Å². The van der Waals surface area contributed by atoms with Gasteiger partial charge in [0.05, 0.1) is 6.54 Å². The quantitative estimate of drug-likeness (QED) is 0.548. The standard InChI is InChI=1S/C20H31N3O/c1-3-4-5-6-7-8-9-10-11-17-12-14-18(15-13-17)20-22-19(16-21-2)24-23-20/h12-15,21H,3-11,16H2,1-2H3. The van der Waals surface area contributed by atoms with Crippen LogP contribution in [0.1, 0.15) is 69.7 Å². The van der Waals surface area contributed by atoms with Gasteiger partial charge in [0, 0.05) is 5.56 Å². The van der Waals surface area contributed by atoms with E-state index in [1.165, 1.54) is 56.9 Å². The van der Waals surface area contributed by atoms with E-state index in [1.54, 1.807) is 0 Å². The molecule has 0 radical (unpaired) electrons. The van der Waals surface area contributed by atoms with Gasteiger partial charge in [-0.25, -0.2) is 0 Å². The molecule has 0 bridgehead atoms. The molecular formula is C20H31N3O. The Morgan fingerprint density at radius 1 is 0.917 bits per heavy atom. The molecule has 0 fully saturated rings. The molecule has 1 N–H and O–H groups in total. The molecule has 0 amide bonds. The number of benzene rings is 1. The molecule has 2 rings (SSSR count). The van der Waals surface area contributed by atoms with Gasteiger partial charge in [-0.05, 0) is 25.5 Å². The maximum atomic E-state index is 5.19. The van der Waals surface area contributed by atoms with Crippen molar-refractivity contribution >= 4 is 0 Å². The monoisotopic (exact) mass is 329 g/mol. The van der Waals surface area contributed by atoms with Crippen LogP contribution in [0.15, 0.2) is 28.8 Å². The number of unbranched alkanes of at least 4 members (excludes halogenated alkanes) is 7. The molecular weight excluding hydrogens is 298 g/mol. The van der Waals surface area contributed by atoms with Crippen LogP contribution < -0.4 is 5.32 Å². The fourth-order valence-electron chi connectivity index (χ4n) is 2.88. The van der Waals surface area contributed by atoms with Gasteiger partial charge in [0.2, 0.25) is 11.7 Å². The van der Waals surface area contributed by atoms with Crippen LogP contribution in [0, 0.1) is 0 Å². The second kappa shape index (κ2) is 11.0. The van der Waals surface area contributed by atoms with Crippen molar-refractivity contribution in [2.75, 3.05) is 7.05 Å². The van der Waals surface area contributed by atoms with E-state index < -0.39 is 0 Å². The maximum Gasteiger partial charge on any atom is 0.240 e. The van der Waals surface area contributed by atoms with Gasteiger partial charge < -0.3 is 9.84 Å². The minimum atomic E-state index is 0.601. The molecule has 1 heterocycles. The number of hydrogen-bond donors (Lipinski definition) is 1. The Morgan fingerprint density at radius 3 is 2.25 bits per heavy atom. The molecule has 0 saturated heterocycles. The number of hydrogen-bond acceptors (Lipinski definition) is 4. The summed E-state index contributed by atoms with van der Waals surface area (Å²) >= 11 is 0. The molecule has 0 aliphatic rings. The zero-order valence-electron chi connectivity index (χ0n) is 15.2. The average Bonchev–Trinajstić information content (AvgIpc) is 3.07. The summed E-state index contributed by atoms with van der Waals surface area (Å²) in [4.78, 5) is 4.38. The number of rotatable bonds is 12. The van der Waals surface area contributed by atoms with Crippen molar-refractivity contribution in [1.29, 1.82) is 0 Å². The Hall–Kier alpha value is -1.68. The smallest absolute Gasteiger partial charge is 0.240 e. The first-order valence-corrected chi connectivity index (χ1v) is 9.40. The van der Waals surface area contributed by atoms with Crippen molar-refractivity contribution in [2.24, 2.45) is 0 Å². The Kier molecular flexibility index (Phi) is 8.53. The van der Waals surface area contributed by atoms with E-state index >= 15 is 0 Å². The maximum absolute atomic E-state index is 5.19. The van der Waals surface area contributed by atoms with E-state index in [9.17, 15) is 0 Å². The molecule has 4 nitrogen and oxygen atoms in total. The first-order chi connectivity index (χ1) is 11.8. The SMILES string of the molecule is CCCCCCCCCCc1ccc(-c2noc(CNC)n2)cc1. The molecule has 0 aliphatic heterocycles. The lowest BCUT2D eigenvalue weighted by Gasteiger charge is -2.03. The second-order valence-electron chi connectivity index (χ2n) is 6.46. The number of aromatic nitrogens is 2. The number of nitrogens with zero attached hydrogens (tertiary/aromatic N) is 2. The van der Waals surface area contributed by atoms with Crippen LogP contribution in [0.2, 0.25) is 0 Å². The summed E-state index contributed by atoms with van der Waals surface area (Å²) in [6.07, 6.45) is 12.1. The van der Waals surface area contributed by atoms with Gasteiger partial charge in [-0.1, -0.05) is 81.3 Å². The third-order valence-corrected chi connectivity index (χ3v) is 4.33. The van der Waals surface area contributed by atoms with Crippen LogP contribution in [-0.4, -0.2) is 17.2 Å². The first kappa shape index (κ1) is 18.7. The van der Waals surface area contributed by atoms with Crippen molar-refractivity contribution < 1.29 is 4.52 Å². The van der Waals surface area contributed by atoms with E-state index in [0.29, 0.717) is 18.3 Å². The van der Waals surface area contributed by atoms with E-state index in [-0.39, 0.29) is 0 Å². The molecule has 2 aromatic rings. The van der Waals surface area contributed by atoms with E-state index in [1.807, 2.05) is 7.05 Å². The van der Waals surface area contributed by atoms with Crippen LogP contribution in [0.4, 0.5) is 0 Å². The topological polar surface area (TPSA) is 51.0 Å². The van der Waals surface area contributed by atoms with Crippen LogP contribution in [0.25, 0.3) is 11.4 Å². The highest BCUT2D eigenvalue weighted by Gasteiger charge is 2.07. The van der Waals surface area contributed by atoms with Gasteiger partial charge in [0.15, 0.2) is 0 Å². The second-order valence-corrected chi connectivity index (χ2v) is 6.46. The third-order valence-electron chi connectivity index (χ3n) is 4.33. The highest BCUT2D eigenvalue weighted by atomic mass is 16.5. The minimum Gasteiger partial charge on any atom is -0.338 e. The molecule has 24 heavy (non-hydrogen) atoms. The van der Waals surface area contributed by atoms with Gasteiger partial charge in [-0.3, -0.25) is 0 Å². The van der Waals surface area contributed by atoms with Crippen molar-refractivity contribution in [1.82, 2.24) is 15.5 Å². The molecule has 1 aromatic heterocycles. The molecule has 0 spiro atoms. The van der Waals surface area contributed by atoms with Crippen molar-refractivity contribution in [3.8, 4) is 11.4 Å². The minimum absolute atomic E-state index is 0.601. The summed E-state index contributed by atoms with van der Waals surface area (Å²) in [7, 11) is 1.86. The van der Waals surface area contributed by atoms with Crippen LogP contribution >= 0.6 is 0 Å². The molecule has 0 atom stereocenters. The normalized spacial score (nSPS) is 11.1. The third kappa shape index (κ3) is 6.44. The zero-order valence-corrected chi connectivity index (χ0v) is 15.2. The van der Waals surface area contributed by atoms with Gasteiger partial charge in [-0.2, -0.15) is 4.98 Å². The number of aryl methyl sites for hydroxylation is 1. The van der Waals surface area contributed by atoms with Crippen LogP contribution in [0.5, 0.6) is 0 Å². The molecule has 0 saturated carbocycles. The predicted molar refractivity (Wildman–Crippen MR) is 98.8 cm³/mol. The molecule has 0 unspecified atom stereocenters. The van der Waals surface area contributed by atoms with E-state index in [0.717, 1.165) is 12.0 Å². The largest absolute Gasteiger partial charge is 0.338 e. The summed E-state index contributed by atoms with van der Waals surface area (Å²) in [6.45, 7) is 2.87. The fraction of sp³-hybridized carbons (Fsp3) is 0.600. The Bertz CT molecular complexity index is 563. The Morgan fingerprint density at radius 2 is 1.58 bits per heavy atom. The van der Waals surface area contributed by atoms with Crippen molar-refractivity contribution in [3.63, 3.8) is 0 Å². The summed E-state index contributed by atoms with van der Waals surface area (Å²) in [5, 5.41) is 7.03. The average molecular weight is 329 g/mol. The predicted octanol–water partition coefficient (Wildman–Crippen LogP) is 5.14. The van der Waals surface area contributed by atoms with E-state index in [2.05, 4.69) is 46.6 Å². The van der Waals surface area contributed by atoms with Gasteiger partial charge in [-0.15, -0.1) is 0 Å². The van der Waals surface area contributed by atoms with Crippen LogP contribution in [0.3, 0.4) is 0 Å². The highest BCUT2D eigenvalue weighted by molar-refractivity contribution is 5.54. The van der Waals surface area contributed by atoms with Gasteiger partial charge in [0.1, 0.15) is 0 Å². The summed E-state index contributed by atoms with van der Waals surface area (Å²) < 4.78 is 5.19. The molecule has 132 valence electrons. The zero-order chi connectivity index (χ0) is 17.0. The summed E-state index contributed by atoms with van der Waals surface area (Å²) in [5.41, 5.74) is 2.41. The van der Waals surface area contributed by atoms with Crippen molar-refractivity contribution in [2.45, 2.75) is 71.3 Å². The Labute approximate surface area is 146 Å². The lowest BCUT2D eigenvalue weighted by molar-refractivity contribution is 0.372. The molecule has 0 aliphatic carbocycles.